The first-order valence-electron chi connectivity index (χ1n) is 6.27. The predicted molar refractivity (Wildman–Crippen MR) is 70.7 cm³/mol. The molecule has 0 aliphatic carbocycles. The average Bonchev–Trinajstić information content (AvgIpc) is 2.96. The Morgan fingerprint density at radius 2 is 2.35 bits per heavy atom. The largest absolute Gasteiger partial charge is 0.493 e. The molecule has 1 saturated heterocycles. The summed E-state index contributed by atoms with van der Waals surface area (Å²) in [6, 6.07) is 6.14. The Morgan fingerprint density at radius 1 is 1.47 bits per heavy atom. The highest BCUT2D eigenvalue weighted by Gasteiger charge is 2.38. The van der Waals surface area contributed by atoms with Crippen LogP contribution in [-0.4, -0.2) is 22.2 Å². The van der Waals surface area contributed by atoms with Crippen molar-refractivity contribution in [3.8, 4) is 5.75 Å². The molecule has 2 nitrogen and oxygen atoms in total. The molecular weight excluding hydrogens is 232 g/mol. The summed E-state index contributed by atoms with van der Waals surface area (Å²) in [5, 5.41) is 10.5. The second kappa shape index (κ2) is 4.21. The standard InChI is InChI=1S/C14H18O2S/c1-14(6-2-8-17-14)13(15)11-3-4-12-10(9-11)5-7-16-12/h3-4,9,13,15H,2,5-8H2,1H3. The van der Waals surface area contributed by atoms with Gasteiger partial charge in [-0.15, -0.1) is 0 Å². The molecule has 2 unspecified atom stereocenters. The Balaban J connectivity index is 1.88. The third-order valence-electron chi connectivity index (χ3n) is 3.86. The molecule has 0 radical (unpaired) electrons. The Labute approximate surface area is 106 Å². The first kappa shape index (κ1) is 11.4. The second-order valence-corrected chi connectivity index (χ2v) is 6.76. The number of fused-ring (bicyclic) bond motifs is 1. The smallest absolute Gasteiger partial charge is 0.122 e. The van der Waals surface area contributed by atoms with Crippen molar-refractivity contribution in [2.45, 2.75) is 37.0 Å². The molecule has 3 rings (SSSR count). The normalized spacial score (nSPS) is 28.8. The number of rotatable bonds is 2. The van der Waals surface area contributed by atoms with Crippen LogP contribution in [0.25, 0.3) is 0 Å². The number of aliphatic hydroxyl groups is 1. The van der Waals surface area contributed by atoms with E-state index in [9.17, 15) is 5.11 Å². The minimum atomic E-state index is -0.360. The third-order valence-corrected chi connectivity index (χ3v) is 5.44. The molecule has 2 atom stereocenters. The minimum absolute atomic E-state index is 0.00625. The molecular formula is C14H18O2S. The van der Waals surface area contributed by atoms with E-state index in [2.05, 4.69) is 13.0 Å². The van der Waals surface area contributed by atoms with Crippen LogP contribution in [0, 0.1) is 0 Å². The van der Waals surface area contributed by atoms with E-state index in [4.69, 9.17) is 4.74 Å². The number of hydrogen-bond donors (Lipinski definition) is 1. The molecule has 0 aromatic heterocycles. The molecule has 2 aliphatic rings. The first-order valence-corrected chi connectivity index (χ1v) is 7.25. The van der Waals surface area contributed by atoms with Crippen molar-refractivity contribution in [1.29, 1.82) is 0 Å². The van der Waals surface area contributed by atoms with E-state index in [1.54, 1.807) is 0 Å². The molecule has 1 fully saturated rings. The zero-order valence-corrected chi connectivity index (χ0v) is 10.9. The Bertz CT molecular complexity index is 424. The monoisotopic (exact) mass is 250 g/mol. The maximum atomic E-state index is 10.5. The van der Waals surface area contributed by atoms with Gasteiger partial charge in [0.05, 0.1) is 12.7 Å². The lowest BCUT2D eigenvalue weighted by Gasteiger charge is -2.29. The lowest BCUT2D eigenvalue weighted by Crippen LogP contribution is -2.26. The molecule has 0 saturated carbocycles. The highest BCUT2D eigenvalue weighted by atomic mass is 32.2. The quantitative estimate of drug-likeness (QED) is 0.875. The first-order chi connectivity index (χ1) is 8.19. The summed E-state index contributed by atoms with van der Waals surface area (Å²) in [5.41, 5.74) is 2.29. The molecule has 1 N–H and O–H groups in total. The zero-order valence-electron chi connectivity index (χ0n) is 10.1. The number of benzene rings is 1. The summed E-state index contributed by atoms with van der Waals surface area (Å²) in [6.07, 6.45) is 2.93. The highest BCUT2D eigenvalue weighted by molar-refractivity contribution is 8.00. The Morgan fingerprint density at radius 3 is 3.12 bits per heavy atom. The fourth-order valence-electron chi connectivity index (χ4n) is 2.75. The van der Waals surface area contributed by atoms with Gasteiger partial charge in [-0.1, -0.05) is 6.07 Å². The Hall–Kier alpha value is -0.670. The molecule has 0 spiro atoms. The van der Waals surface area contributed by atoms with E-state index in [0.717, 1.165) is 30.8 Å². The van der Waals surface area contributed by atoms with Gasteiger partial charge in [-0.3, -0.25) is 0 Å². The van der Waals surface area contributed by atoms with Crippen LogP contribution < -0.4 is 4.74 Å². The van der Waals surface area contributed by atoms with Crippen LogP contribution in [0.2, 0.25) is 0 Å². The molecule has 1 aromatic rings. The van der Waals surface area contributed by atoms with Gasteiger partial charge in [0, 0.05) is 11.2 Å². The maximum Gasteiger partial charge on any atom is 0.122 e. The molecule has 0 bridgehead atoms. The molecule has 2 heterocycles. The molecule has 3 heteroatoms. The van der Waals surface area contributed by atoms with Crippen LogP contribution in [0.3, 0.4) is 0 Å². The van der Waals surface area contributed by atoms with Crippen LogP contribution in [0.1, 0.15) is 37.0 Å². The van der Waals surface area contributed by atoms with Gasteiger partial charge in [0.25, 0.3) is 0 Å². The number of aliphatic hydroxyl groups excluding tert-OH is 1. The van der Waals surface area contributed by atoms with Crippen molar-refractivity contribution >= 4 is 11.8 Å². The van der Waals surface area contributed by atoms with Gasteiger partial charge in [0.15, 0.2) is 0 Å². The molecule has 92 valence electrons. The van der Waals surface area contributed by atoms with Gasteiger partial charge >= 0.3 is 0 Å². The van der Waals surface area contributed by atoms with Crippen molar-refractivity contribution < 1.29 is 9.84 Å². The van der Waals surface area contributed by atoms with Crippen molar-refractivity contribution in [3.63, 3.8) is 0 Å². The van der Waals surface area contributed by atoms with E-state index in [-0.39, 0.29) is 10.9 Å². The van der Waals surface area contributed by atoms with Crippen molar-refractivity contribution in [2.24, 2.45) is 0 Å². The summed E-state index contributed by atoms with van der Waals surface area (Å²) in [4.78, 5) is 0. The summed E-state index contributed by atoms with van der Waals surface area (Å²) >= 11 is 1.90. The van der Waals surface area contributed by atoms with Crippen LogP contribution in [-0.2, 0) is 6.42 Å². The van der Waals surface area contributed by atoms with Crippen LogP contribution in [0.5, 0.6) is 5.75 Å². The Kier molecular flexibility index (Phi) is 2.83. The van der Waals surface area contributed by atoms with Crippen molar-refractivity contribution in [2.75, 3.05) is 12.4 Å². The lowest BCUT2D eigenvalue weighted by molar-refractivity contribution is 0.135. The van der Waals surface area contributed by atoms with Gasteiger partial charge in [0.1, 0.15) is 5.75 Å². The second-order valence-electron chi connectivity index (χ2n) is 5.13. The topological polar surface area (TPSA) is 29.5 Å². The fraction of sp³-hybridized carbons (Fsp3) is 0.571. The summed E-state index contributed by atoms with van der Waals surface area (Å²) in [7, 11) is 0. The molecule has 0 amide bonds. The SMILES string of the molecule is CC1(C(O)c2ccc3c(c2)CCO3)CCCS1. The van der Waals surface area contributed by atoms with Gasteiger partial charge in [-0.2, -0.15) is 11.8 Å². The van der Waals surface area contributed by atoms with E-state index >= 15 is 0 Å². The zero-order chi connectivity index (χ0) is 11.9. The highest BCUT2D eigenvalue weighted by Crippen LogP contribution is 2.47. The van der Waals surface area contributed by atoms with Crippen LogP contribution in [0.4, 0.5) is 0 Å². The van der Waals surface area contributed by atoms with E-state index in [1.807, 2.05) is 23.9 Å². The predicted octanol–water partition coefficient (Wildman–Crippen LogP) is 2.94. The van der Waals surface area contributed by atoms with E-state index in [1.165, 1.54) is 17.7 Å². The van der Waals surface area contributed by atoms with Crippen LogP contribution >= 0.6 is 11.8 Å². The van der Waals surface area contributed by atoms with E-state index < -0.39 is 0 Å². The summed E-state index contributed by atoms with van der Waals surface area (Å²) < 4.78 is 5.49. The van der Waals surface area contributed by atoms with Crippen molar-refractivity contribution in [3.05, 3.63) is 29.3 Å². The molecule has 2 aliphatic heterocycles. The number of thioether (sulfide) groups is 1. The fourth-order valence-corrected chi connectivity index (χ4v) is 4.08. The minimum Gasteiger partial charge on any atom is -0.493 e. The third kappa shape index (κ3) is 1.95. The van der Waals surface area contributed by atoms with Gasteiger partial charge in [-0.05, 0) is 48.8 Å². The number of ether oxygens (including phenoxy) is 1. The van der Waals surface area contributed by atoms with Gasteiger partial charge < -0.3 is 9.84 Å². The maximum absolute atomic E-state index is 10.5. The lowest BCUT2D eigenvalue weighted by atomic mass is 9.92. The molecule has 17 heavy (non-hydrogen) atoms. The van der Waals surface area contributed by atoms with Crippen LogP contribution in [0.15, 0.2) is 18.2 Å². The number of hydrogen-bond acceptors (Lipinski definition) is 3. The molecule has 1 aromatic carbocycles. The summed E-state index contributed by atoms with van der Waals surface area (Å²) in [5.74, 6) is 2.16. The van der Waals surface area contributed by atoms with Gasteiger partial charge in [-0.25, -0.2) is 0 Å². The van der Waals surface area contributed by atoms with Crippen molar-refractivity contribution in [1.82, 2.24) is 0 Å². The van der Waals surface area contributed by atoms with E-state index in [0.29, 0.717) is 0 Å². The average molecular weight is 250 g/mol. The van der Waals surface area contributed by atoms with Gasteiger partial charge in [0.2, 0.25) is 0 Å². The summed E-state index contributed by atoms with van der Waals surface area (Å²) in [6.45, 7) is 2.96.